The Balaban J connectivity index is 2.17. The third-order valence-corrected chi connectivity index (χ3v) is 3.16. The molecule has 1 aliphatic carbocycles. The van der Waals surface area contributed by atoms with Crippen LogP contribution in [0.5, 0.6) is 0 Å². The van der Waals surface area contributed by atoms with Crippen LogP contribution in [0.25, 0.3) is 0 Å². The molecule has 1 heterocycles. The molecule has 1 aromatic heterocycles. The van der Waals surface area contributed by atoms with E-state index in [0.717, 1.165) is 24.1 Å². The number of rotatable bonds is 2. The van der Waals surface area contributed by atoms with E-state index in [4.69, 9.17) is 0 Å². The summed E-state index contributed by atoms with van der Waals surface area (Å²) in [6.07, 6.45) is 9.43. The molecule has 0 fully saturated rings. The van der Waals surface area contributed by atoms with E-state index >= 15 is 0 Å². The first-order valence-electron chi connectivity index (χ1n) is 6.07. The number of aliphatic hydroxyl groups is 1. The highest BCUT2D eigenvalue weighted by Crippen LogP contribution is 2.28. The van der Waals surface area contributed by atoms with Crippen LogP contribution in [0.4, 0.5) is 0 Å². The van der Waals surface area contributed by atoms with Crippen molar-refractivity contribution < 1.29 is 5.11 Å². The van der Waals surface area contributed by atoms with Crippen molar-refractivity contribution in [1.29, 1.82) is 0 Å². The first kappa shape index (κ1) is 11.3. The Bertz CT molecular complexity index is 384. The lowest BCUT2D eigenvalue weighted by Gasteiger charge is -2.14. The van der Waals surface area contributed by atoms with Crippen LogP contribution in [0.15, 0.2) is 30.0 Å². The van der Waals surface area contributed by atoms with Gasteiger partial charge in [-0.1, -0.05) is 12.5 Å². The standard InChI is InChI=1S/C14H19NO/c1-11-10-13(8-9-15-11)14(16)12-6-4-2-3-5-7-12/h6,8-10,14,16H,2-5,7H2,1H3. The van der Waals surface area contributed by atoms with Gasteiger partial charge in [0.2, 0.25) is 0 Å². The van der Waals surface area contributed by atoms with Crippen molar-refractivity contribution in [3.05, 3.63) is 41.2 Å². The second-order valence-corrected chi connectivity index (χ2v) is 4.51. The van der Waals surface area contributed by atoms with Gasteiger partial charge in [0.15, 0.2) is 0 Å². The zero-order chi connectivity index (χ0) is 11.4. The van der Waals surface area contributed by atoms with Crippen molar-refractivity contribution in [2.45, 2.75) is 45.1 Å². The van der Waals surface area contributed by atoms with Gasteiger partial charge in [-0.3, -0.25) is 4.98 Å². The predicted octanol–water partition coefficient (Wildman–Crippen LogP) is 3.31. The van der Waals surface area contributed by atoms with E-state index in [2.05, 4.69) is 11.1 Å². The largest absolute Gasteiger partial charge is 0.384 e. The van der Waals surface area contributed by atoms with Crippen LogP contribution in [0, 0.1) is 6.92 Å². The van der Waals surface area contributed by atoms with Crippen molar-refractivity contribution in [2.24, 2.45) is 0 Å². The van der Waals surface area contributed by atoms with Gasteiger partial charge >= 0.3 is 0 Å². The minimum Gasteiger partial charge on any atom is -0.384 e. The van der Waals surface area contributed by atoms with Crippen molar-refractivity contribution in [3.63, 3.8) is 0 Å². The fourth-order valence-electron chi connectivity index (χ4n) is 2.24. The van der Waals surface area contributed by atoms with E-state index in [1.165, 1.54) is 24.8 Å². The van der Waals surface area contributed by atoms with Crippen LogP contribution in [0.2, 0.25) is 0 Å². The highest BCUT2D eigenvalue weighted by molar-refractivity contribution is 5.26. The van der Waals surface area contributed by atoms with Gasteiger partial charge in [-0.05, 0) is 55.9 Å². The zero-order valence-electron chi connectivity index (χ0n) is 9.82. The molecule has 0 aliphatic heterocycles. The van der Waals surface area contributed by atoms with Gasteiger partial charge in [-0.15, -0.1) is 0 Å². The third kappa shape index (κ3) is 2.70. The first-order chi connectivity index (χ1) is 7.77. The van der Waals surface area contributed by atoms with Crippen molar-refractivity contribution in [3.8, 4) is 0 Å². The van der Waals surface area contributed by atoms with Gasteiger partial charge in [0, 0.05) is 11.9 Å². The number of aromatic nitrogens is 1. The lowest BCUT2D eigenvalue weighted by Crippen LogP contribution is -2.02. The van der Waals surface area contributed by atoms with E-state index in [-0.39, 0.29) is 0 Å². The smallest absolute Gasteiger partial charge is 0.100 e. The SMILES string of the molecule is Cc1cc(C(O)C2=CCCCCC2)ccn1. The van der Waals surface area contributed by atoms with E-state index in [1.807, 2.05) is 19.1 Å². The van der Waals surface area contributed by atoms with Crippen LogP contribution >= 0.6 is 0 Å². The molecule has 2 heteroatoms. The van der Waals surface area contributed by atoms with Gasteiger partial charge in [0.05, 0.1) is 0 Å². The average Bonchev–Trinajstić information content (AvgIpc) is 2.56. The Hall–Kier alpha value is -1.15. The minimum absolute atomic E-state index is 0.431. The average molecular weight is 217 g/mol. The highest BCUT2D eigenvalue weighted by atomic mass is 16.3. The number of aryl methyl sites for hydroxylation is 1. The maximum atomic E-state index is 10.3. The summed E-state index contributed by atoms with van der Waals surface area (Å²) in [5.74, 6) is 0. The molecule has 0 saturated heterocycles. The van der Waals surface area contributed by atoms with Crippen LogP contribution in [0.3, 0.4) is 0 Å². The highest BCUT2D eigenvalue weighted by Gasteiger charge is 2.14. The predicted molar refractivity (Wildman–Crippen MR) is 65.1 cm³/mol. The topological polar surface area (TPSA) is 33.1 Å². The number of hydrogen-bond donors (Lipinski definition) is 1. The van der Waals surface area contributed by atoms with E-state index < -0.39 is 6.10 Å². The van der Waals surface area contributed by atoms with Crippen molar-refractivity contribution in [2.75, 3.05) is 0 Å². The van der Waals surface area contributed by atoms with Crippen molar-refractivity contribution >= 4 is 0 Å². The molecule has 1 aromatic rings. The Kier molecular flexibility index (Phi) is 3.73. The molecule has 0 radical (unpaired) electrons. The summed E-state index contributed by atoms with van der Waals surface area (Å²) in [6.45, 7) is 1.96. The molecule has 16 heavy (non-hydrogen) atoms. The molecule has 0 spiro atoms. The zero-order valence-corrected chi connectivity index (χ0v) is 9.82. The quantitative estimate of drug-likeness (QED) is 0.771. The molecule has 1 unspecified atom stereocenters. The van der Waals surface area contributed by atoms with Crippen LogP contribution in [0.1, 0.15) is 49.5 Å². The summed E-state index contributed by atoms with van der Waals surface area (Å²) >= 11 is 0. The van der Waals surface area contributed by atoms with Crippen LogP contribution in [-0.2, 0) is 0 Å². The molecule has 1 atom stereocenters. The monoisotopic (exact) mass is 217 g/mol. The number of allylic oxidation sites excluding steroid dienone is 1. The second kappa shape index (κ2) is 5.26. The summed E-state index contributed by atoms with van der Waals surface area (Å²) < 4.78 is 0. The molecule has 1 aliphatic rings. The molecule has 86 valence electrons. The molecular formula is C14H19NO. The molecule has 0 saturated carbocycles. The summed E-state index contributed by atoms with van der Waals surface area (Å²) in [5, 5.41) is 10.3. The van der Waals surface area contributed by atoms with Crippen LogP contribution < -0.4 is 0 Å². The molecule has 0 bridgehead atoms. The minimum atomic E-state index is -0.431. The molecule has 1 N–H and O–H groups in total. The first-order valence-corrected chi connectivity index (χ1v) is 6.07. The lowest BCUT2D eigenvalue weighted by molar-refractivity contribution is 0.210. The summed E-state index contributed by atoms with van der Waals surface area (Å²) in [5.41, 5.74) is 3.12. The van der Waals surface area contributed by atoms with Gasteiger partial charge in [-0.2, -0.15) is 0 Å². The van der Waals surface area contributed by atoms with Crippen LogP contribution in [-0.4, -0.2) is 10.1 Å². The van der Waals surface area contributed by atoms with Crippen molar-refractivity contribution in [1.82, 2.24) is 4.98 Å². The lowest BCUT2D eigenvalue weighted by atomic mass is 9.98. The fraction of sp³-hybridized carbons (Fsp3) is 0.500. The normalized spacial score (nSPS) is 18.8. The maximum absolute atomic E-state index is 10.3. The maximum Gasteiger partial charge on any atom is 0.100 e. The Morgan fingerprint density at radius 3 is 3.00 bits per heavy atom. The number of hydrogen-bond acceptors (Lipinski definition) is 2. The molecule has 0 amide bonds. The number of nitrogens with zero attached hydrogens (tertiary/aromatic N) is 1. The molecule has 2 rings (SSSR count). The number of aliphatic hydroxyl groups excluding tert-OH is 1. The Labute approximate surface area is 97.0 Å². The van der Waals surface area contributed by atoms with Gasteiger partial charge in [-0.25, -0.2) is 0 Å². The van der Waals surface area contributed by atoms with E-state index in [0.29, 0.717) is 0 Å². The fourth-order valence-corrected chi connectivity index (χ4v) is 2.24. The third-order valence-electron chi connectivity index (χ3n) is 3.16. The molecule has 2 nitrogen and oxygen atoms in total. The van der Waals surface area contributed by atoms with E-state index in [1.54, 1.807) is 6.20 Å². The van der Waals surface area contributed by atoms with Gasteiger partial charge in [0.1, 0.15) is 6.10 Å². The second-order valence-electron chi connectivity index (χ2n) is 4.51. The molecule has 0 aromatic carbocycles. The Morgan fingerprint density at radius 1 is 1.31 bits per heavy atom. The van der Waals surface area contributed by atoms with Gasteiger partial charge < -0.3 is 5.11 Å². The van der Waals surface area contributed by atoms with E-state index in [9.17, 15) is 5.11 Å². The number of pyridine rings is 1. The summed E-state index contributed by atoms with van der Waals surface area (Å²) in [6, 6.07) is 3.87. The van der Waals surface area contributed by atoms with Gasteiger partial charge in [0.25, 0.3) is 0 Å². The Morgan fingerprint density at radius 2 is 2.19 bits per heavy atom. The summed E-state index contributed by atoms with van der Waals surface area (Å²) in [4.78, 5) is 4.16. The summed E-state index contributed by atoms with van der Waals surface area (Å²) in [7, 11) is 0. The molecular weight excluding hydrogens is 198 g/mol.